The van der Waals surface area contributed by atoms with Gasteiger partial charge in [-0.05, 0) is 33.4 Å². The van der Waals surface area contributed by atoms with Crippen molar-refractivity contribution < 1.29 is 0 Å². The number of rotatable bonds is 6. The molecule has 112 valence electrons. The van der Waals surface area contributed by atoms with Gasteiger partial charge < -0.3 is 5.32 Å². The van der Waals surface area contributed by atoms with Crippen LogP contribution in [0.15, 0.2) is 30.3 Å². The predicted octanol–water partition coefficient (Wildman–Crippen LogP) is 3.16. The van der Waals surface area contributed by atoms with E-state index in [9.17, 15) is 0 Å². The summed E-state index contributed by atoms with van der Waals surface area (Å²) in [5.74, 6) is 1.77. The summed E-state index contributed by atoms with van der Waals surface area (Å²) in [4.78, 5) is 11.3. The van der Waals surface area contributed by atoms with Crippen LogP contribution in [0.2, 0.25) is 0 Å². The number of nitrogens with zero attached hydrogens (tertiary/aromatic N) is 3. The van der Waals surface area contributed by atoms with E-state index >= 15 is 0 Å². The first-order valence-corrected chi connectivity index (χ1v) is 7.39. The average Bonchev–Trinajstić information content (AvgIpc) is 2.41. The Morgan fingerprint density at radius 3 is 2.43 bits per heavy atom. The standard InChI is InChI=1S/C17H24N4/c1-5-18-16-10-14(3)19-17(20-16)12-21(4)11-15-8-6-13(2)7-9-15/h6-10H,5,11-12H2,1-4H3,(H,18,19,20). The zero-order valence-electron chi connectivity index (χ0n) is 13.3. The van der Waals surface area contributed by atoms with Crippen LogP contribution in [0.3, 0.4) is 0 Å². The smallest absolute Gasteiger partial charge is 0.144 e. The number of nitrogens with one attached hydrogen (secondary N) is 1. The first-order chi connectivity index (χ1) is 10.1. The van der Waals surface area contributed by atoms with Crippen molar-refractivity contribution >= 4 is 5.82 Å². The fourth-order valence-electron chi connectivity index (χ4n) is 2.27. The zero-order valence-corrected chi connectivity index (χ0v) is 13.3. The minimum atomic E-state index is 0.744. The van der Waals surface area contributed by atoms with Crippen molar-refractivity contribution in [1.82, 2.24) is 14.9 Å². The maximum absolute atomic E-state index is 4.56. The van der Waals surface area contributed by atoms with E-state index in [1.54, 1.807) is 0 Å². The molecule has 2 rings (SSSR count). The van der Waals surface area contributed by atoms with Crippen molar-refractivity contribution in [2.24, 2.45) is 0 Å². The van der Waals surface area contributed by atoms with Crippen molar-refractivity contribution in [3.8, 4) is 0 Å². The van der Waals surface area contributed by atoms with Gasteiger partial charge in [-0.1, -0.05) is 29.8 Å². The lowest BCUT2D eigenvalue weighted by Gasteiger charge is -2.16. The van der Waals surface area contributed by atoms with Crippen LogP contribution >= 0.6 is 0 Å². The van der Waals surface area contributed by atoms with Crippen LogP contribution in [0, 0.1) is 13.8 Å². The molecular formula is C17H24N4. The Bertz CT molecular complexity index is 578. The van der Waals surface area contributed by atoms with Crippen LogP contribution in [-0.4, -0.2) is 28.5 Å². The first kappa shape index (κ1) is 15.4. The van der Waals surface area contributed by atoms with Gasteiger partial charge in [0.2, 0.25) is 0 Å². The summed E-state index contributed by atoms with van der Waals surface area (Å²) in [5, 5.41) is 3.25. The van der Waals surface area contributed by atoms with Gasteiger partial charge in [-0.2, -0.15) is 0 Å². The lowest BCUT2D eigenvalue weighted by atomic mass is 10.1. The summed E-state index contributed by atoms with van der Waals surface area (Å²) < 4.78 is 0. The molecular weight excluding hydrogens is 260 g/mol. The molecule has 0 fully saturated rings. The molecule has 0 saturated heterocycles. The highest BCUT2D eigenvalue weighted by Crippen LogP contribution is 2.10. The second-order valence-electron chi connectivity index (χ2n) is 5.50. The third kappa shape index (κ3) is 4.83. The van der Waals surface area contributed by atoms with E-state index < -0.39 is 0 Å². The second kappa shape index (κ2) is 7.18. The number of benzene rings is 1. The molecule has 0 aliphatic rings. The van der Waals surface area contributed by atoms with Gasteiger partial charge >= 0.3 is 0 Å². The van der Waals surface area contributed by atoms with Crippen LogP contribution in [-0.2, 0) is 13.1 Å². The highest BCUT2D eigenvalue weighted by Gasteiger charge is 2.06. The molecule has 1 aromatic carbocycles. The molecule has 0 amide bonds. The summed E-state index contributed by atoms with van der Waals surface area (Å²) in [6, 6.07) is 10.6. The minimum Gasteiger partial charge on any atom is -0.370 e. The van der Waals surface area contributed by atoms with Gasteiger partial charge in [0, 0.05) is 24.8 Å². The predicted molar refractivity (Wildman–Crippen MR) is 87.3 cm³/mol. The third-order valence-corrected chi connectivity index (χ3v) is 3.24. The molecule has 21 heavy (non-hydrogen) atoms. The van der Waals surface area contributed by atoms with Crippen molar-refractivity contribution in [3.05, 3.63) is 53.0 Å². The normalized spacial score (nSPS) is 10.9. The van der Waals surface area contributed by atoms with E-state index in [2.05, 4.69) is 65.3 Å². The molecule has 4 heteroatoms. The molecule has 0 aliphatic carbocycles. The Morgan fingerprint density at radius 2 is 1.76 bits per heavy atom. The van der Waals surface area contributed by atoms with Crippen LogP contribution in [0.5, 0.6) is 0 Å². The second-order valence-corrected chi connectivity index (χ2v) is 5.50. The van der Waals surface area contributed by atoms with E-state index in [0.717, 1.165) is 37.0 Å². The van der Waals surface area contributed by atoms with Crippen molar-refractivity contribution in [2.75, 3.05) is 18.9 Å². The van der Waals surface area contributed by atoms with E-state index in [1.807, 2.05) is 13.0 Å². The van der Waals surface area contributed by atoms with Gasteiger partial charge in [0.05, 0.1) is 6.54 Å². The summed E-state index contributed by atoms with van der Waals surface area (Å²) in [7, 11) is 2.10. The molecule has 0 bridgehead atoms. The van der Waals surface area contributed by atoms with Gasteiger partial charge in [-0.25, -0.2) is 9.97 Å². The SMILES string of the molecule is CCNc1cc(C)nc(CN(C)Cc2ccc(C)cc2)n1. The summed E-state index contributed by atoms with van der Waals surface area (Å²) in [6.45, 7) is 8.69. The summed E-state index contributed by atoms with van der Waals surface area (Å²) in [6.07, 6.45) is 0. The van der Waals surface area contributed by atoms with E-state index in [0.29, 0.717) is 0 Å². The third-order valence-electron chi connectivity index (χ3n) is 3.24. The van der Waals surface area contributed by atoms with Crippen LogP contribution < -0.4 is 5.32 Å². The topological polar surface area (TPSA) is 41.1 Å². The number of aromatic nitrogens is 2. The summed E-state index contributed by atoms with van der Waals surface area (Å²) in [5.41, 5.74) is 3.60. The van der Waals surface area contributed by atoms with Crippen LogP contribution in [0.25, 0.3) is 0 Å². The summed E-state index contributed by atoms with van der Waals surface area (Å²) >= 11 is 0. The maximum atomic E-state index is 4.56. The Hall–Kier alpha value is -1.94. The Balaban J connectivity index is 2.01. The fraction of sp³-hybridized carbons (Fsp3) is 0.412. The molecule has 0 spiro atoms. The highest BCUT2D eigenvalue weighted by molar-refractivity contribution is 5.35. The molecule has 2 aromatic rings. The quantitative estimate of drug-likeness (QED) is 0.884. The van der Waals surface area contributed by atoms with E-state index in [4.69, 9.17) is 0 Å². The van der Waals surface area contributed by atoms with Crippen molar-refractivity contribution in [2.45, 2.75) is 33.9 Å². The van der Waals surface area contributed by atoms with Crippen LogP contribution in [0.1, 0.15) is 29.6 Å². The largest absolute Gasteiger partial charge is 0.370 e. The monoisotopic (exact) mass is 284 g/mol. The minimum absolute atomic E-state index is 0.744. The van der Waals surface area contributed by atoms with Crippen LogP contribution in [0.4, 0.5) is 5.82 Å². The van der Waals surface area contributed by atoms with Crippen molar-refractivity contribution in [1.29, 1.82) is 0 Å². The molecule has 1 N–H and O–H groups in total. The molecule has 0 atom stereocenters. The maximum Gasteiger partial charge on any atom is 0.144 e. The molecule has 0 saturated carbocycles. The molecule has 0 aliphatic heterocycles. The van der Waals surface area contributed by atoms with E-state index in [1.165, 1.54) is 11.1 Å². The molecule has 1 heterocycles. The molecule has 0 radical (unpaired) electrons. The zero-order chi connectivity index (χ0) is 15.2. The fourth-order valence-corrected chi connectivity index (χ4v) is 2.27. The molecule has 4 nitrogen and oxygen atoms in total. The van der Waals surface area contributed by atoms with Gasteiger partial charge in [0.1, 0.15) is 11.6 Å². The molecule has 1 aromatic heterocycles. The van der Waals surface area contributed by atoms with Gasteiger partial charge in [-0.15, -0.1) is 0 Å². The number of anilines is 1. The highest BCUT2D eigenvalue weighted by atomic mass is 15.1. The van der Waals surface area contributed by atoms with Gasteiger partial charge in [0.25, 0.3) is 0 Å². The van der Waals surface area contributed by atoms with Gasteiger partial charge in [-0.3, -0.25) is 4.90 Å². The number of hydrogen-bond acceptors (Lipinski definition) is 4. The van der Waals surface area contributed by atoms with Gasteiger partial charge in [0.15, 0.2) is 0 Å². The van der Waals surface area contributed by atoms with E-state index in [-0.39, 0.29) is 0 Å². The van der Waals surface area contributed by atoms with Crippen molar-refractivity contribution in [3.63, 3.8) is 0 Å². The number of hydrogen-bond donors (Lipinski definition) is 1. The lowest BCUT2D eigenvalue weighted by Crippen LogP contribution is -2.19. The molecule has 0 unspecified atom stereocenters. The Morgan fingerprint density at radius 1 is 1.05 bits per heavy atom. The lowest BCUT2D eigenvalue weighted by molar-refractivity contribution is 0.310. The first-order valence-electron chi connectivity index (χ1n) is 7.39. The number of aryl methyl sites for hydroxylation is 2. The average molecular weight is 284 g/mol. The Kier molecular flexibility index (Phi) is 5.28. The Labute approximate surface area is 127 Å².